The zero-order chi connectivity index (χ0) is 16.7. The van der Waals surface area contributed by atoms with Crippen LogP contribution in [0.2, 0.25) is 0 Å². The second-order valence-corrected chi connectivity index (χ2v) is 5.80. The van der Waals surface area contributed by atoms with Gasteiger partial charge in [0.2, 0.25) is 11.5 Å². The Morgan fingerprint density at radius 3 is 2.67 bits per heavy atom. The van der Waals surface area contributed by atoms with Gasteiger partial charge >= 0.3 is 5.95 Å². The molecule has 0 saturated heterocycles. The van der Waals surface area contributed by atoms with Crippen LogP contribution in [0.15, 0.2) is 49.1 Å². The number of rotatable bonds is 2. The molecule has 0 saturated carbocycles. The van der Waals surface area contributed by atoms with Gasteiger partial charge in [0, 0.05) is 30.6 Å². The van der Waals surface area contributed by atoms with Crippen LogP contribution < -0.4 is 19.4 Å². The van der Waals surface area contributed by atoms with Gasteiger partial charge in [-0.2, -0.15) is 9.47 Å². The highest BCUT2D eigenvalue weighted by molar-refractivity contribution is 5.72. The van der Waals surface area contributed by atoms with Crippen molar-refractivity contribution in [2.45, 2.75) is 13.1 Å². The second kappa shape index (κ2) is 5.52. The predicted molar refractivity (Wildman–Crippen MR) is 89.3 cm³/mol. The maximum Gasteiger partial charge on any atom is 0.402 e. The van der Waals surface area contributed by atoms with Gasteiger partial charge < -0.3 is 5.32 Å². The molecule has 1 aliphatic rings. The van der Waals surface area contributed by atoms with E-state index in [1.807, 2.05) is 44.7 Å². The van der Waals surface area contributed by atoms with Gasteiger partial charge in [-0.3, -0.25) is 0 Å². The molecule has 0 bridgehead atoms. The Bertz CT molecular complexity index is 909. The molecule has 0 spiro atoms. The molecule has 120 valence electrons. The molecule has 0 fully saturated rings. The van der Waals surface area contributed by atoms with Gasteiger partial charge in [0.05, 0.1) is 7.05 Å². The van der Waals surface area contributed by atoms with Crippen molar-refractivity contribution in [3.63, 3.8) is 0 Å². The second-order valence-electron chi connectivity index (χ2n) is 5.80. The highest BCUT2D eigenvalue weighted by Crippen LogP contribution is 2.34. The Kier molecular flexibility index (Phi) is 3.34. The smallest absolute Gasteiger partial charge is 0.333 e. The molecule has 1 N–H and O–H groups in total. The Balaban J connectivity index is 1.87. The van der Waals surface area contributed by atoms with Crippen molar-refractivity contribution < 1.29 is 9.13 Å². The standard InChI is InChI=1S/C17H18N7/c1-12-21-15-16(19-10-9-18-15)24(12)17-20-8-7-14(23(17)3)13-6-4-5-11-22(13)2/h4-12H,1-3H3/q+1/p+1/t12-/m1/s1. The summed E-state index contributed by atoms with van der Waals surface area (Å²) < 4.78 is 4.18. The van der Waals surface area contributed by atoms with Gasteiger partial charge in [-0.15, -0.1) is 0 Å². The number of nitrogens with one attached hydrogen (secondary N) is 1. The lowest BCUT2D eigenvalue weighted by atomic mass is 10.2. The Hall–Kier alpha value is -3.09. The van der Waals surface area contributed by atoms with Crippen molar-refractivity contribution in [1.82, 2.24) is 15.0 Å². The molecule has 0 unspecified atom stereocenters. The van der Waals surface area contributed by atoms with Crippen molar-refractivity contribution in [1.29, 1.82) is 0 Å². The maximum absolute atomic E-state index is 4.60. The SMILES string of the molecule is C[C@@H]1Nc2nccnc2N1c1nccc(-c2cccc[n+]2C)[n+]1C. The Labute approximate surface area is 140 Å². The van der Waals surface area contributed by atoms with E-state index < -0.39 is 0 Å². The maximum atomic E-state index is 4.60. The van der Waals surface area contributed by atoms with Crippen LogP contribution in [-0.4, -0.2) is 21.1 Å². The summed E-state index contributed by atoms with van der Waals surface area (Å²) in [6.07, 6.45) is 7.29. The first-order chi connectivity index (χ1) is 11.7. The number of aromatic nitrogens is 5. The predicted octanol–water partition coefficient (Wildman–Crippen LogP) is 1.10. The zero-order valence-corrected chi connectivity index (χ0v) is 13.9. The highest BCUT2D eigenvalue weighted by atomic mass is 15.4. The molecule has 0 aliphatic carbocycles. The number of nitrogens with zero attached hydrogens (tertiary/aromatic N) is 6. The van der Waals surface area contributed by atoms with E-state index in [9.17, 15) is 0 Å². The van der Waals surface area contributed by atoms with Crippen LogP contribution in [0.1, 0.15) is 6.92 Å². The van der Waals surface area contributed by atoms with Crippen molar-refractivity contribution in [2.75, 3.05) is 10.2 Å². The molecule has 3 aromatic rings. The first-order valence-electron chi connectivity index (χ1n) is 7.83. The van der Waals surface area contributed by atoms with Gasteiger partial charge in [0.15, 0.2) is 23.9 Å². The third-order valence-corrected chi connectivity index (χ3v) is 4.26. The number of fused-ring (bicyclic) bond motifs is 1. The lowest BCUT2D eigenvalue weighted by molar-refractivity contribution is -0.685. The third-order valence-electron chi connectivity index (χ3n) is 4.26. The highest BCUT2D eigenvalue weighted by Gasteiger charge is 2.38. The van der Waals surface area contributed by atoms with Gasteiger partial charge in [-0.05, 0) is 13.0 Å². The minimum atomic E-state index is 0.0286. The zero-order valence-electron chi connectivity index (χ0n) is 13.9. The molecule has 0 amide bonds. The summed E-state index contributed by atoms with van der Waals surface area (Å²) in [6.45, 7) is 2.07. The van der Waals surface area contributed by atoms with Crippen LogP contribution in [0.3, 0.4) is 0 Å². The fourth-order valence-corrected chi connectivity index (χ4v) is 3.07. The molecule has 4 heterocycles. The topological polar surface area (TPSA) is 61.7 Å². The van der Waals surface area contributed by atoms with Crippen molar-refractivity contribution in [3.8, 4) is 11.4 Å². The van der Waals surface area contributed by atoms with Gasteiger partial charge in [-0.25, -0.2) is 14.5 Å². The number of pyridine rings is 1. The number of aryl methyl sites for hydroxylation is 1. The van der Waals surface area contributed by atoms with E-state index in [0.29, 0.717) is 0 Å². The fourth-order valence-electron chi connectivity index (χ4n) is 3.07. The minimum Gasteiger partial charge on any atom is -0.333 e. The van der Waals surface area contributed by atoms with E-state index in [1.54, 1.807) is 12.4 Å². The molecule has 0 aromatic carbocycles. The lowest BCUT2D eigenvalue weighted by Crippen LogP contribution is -2.45. The van der Waals surface area contributed by atoms with Crippen LogP contribution in [0.5, 0.6) is 0 Å². The summed E-state index contributed by atoms with van der Waals surface area (Å²) in [5, 5.41) is 3.34. The van der Waals surface area contributed by atoms with Crippen LogP contribution >= 0.6 is 0 Å². The average molecular weight is 321 g/mol. The molecule has 4 rings (SSSR count). The van der Waals surface area contributed by atoms with Crippen LogP contribution in [-0.2, 0) is 14.1 Å². The van der Waals surface area contributed by atoms with Crippen LogP contribution in [0.4, 0.5) is 17.6 Å². The van der Waals surface area contributed by atoms with Crippen molar-refractivity contribution in [3.05, 3.63) is 49.1 Å². The molecule has 24 heavy (non-hydrogen) atoms. The summed E-state index contributed by atoms with van der Waals surface area (Å²) in [5.74, 6) is 2.39. The van der Waals surface area contributed by atoms with E-state index in [0.717, 1.165) is 29.0 Å². The molecular formula is C17H19N7+2. The summed E-state index contributed by atoms with van der Waals surface area (Å²) in [4.78, 5) is 15.5. The molecule has 0 radical (unpaired) electrons. The first-order valence-corrected chi connectivity index (χ1v) is 7.83. The number of anilines is 3. The van der Waals surface area contributed by atoms with Gasteiger partial charge in [-0.1, -0.05) is 4.98 Å². The van der Waals surface area contributed by atoms with E-state index in [4.69, 9.17) is 0 Å². The van der Waals surface area contributed by atoms with Crippen LogP contribution in [0, 0.1) is 0 Å². The van der Waals surface area contributed by atoms with Crippen molar-refractivity contribution in [2.24, 2.45) is 14.1 Å². The van der Waals surface area contributed by atoms with Gasteiger partial charge in [0.1, 0.15) is 13.2 Å². The summed E-state index contributed by atoms with van der Waals surface area (Å²) >= 11 is 0. The van der Waals surface area contributed by atoms with Crippen molar-refractivity contribution >= 4 is 17.6 Å². The third kappa shape index (κ3) is 2.17. The monoisotopic (exact) mass is 321 g/mol. The summed E-state index contributed by atoms with van der Waals surface area (Å²) in [7, 11) is 4.06. The largest absolute Gasteiger partial charge is 0.402 e. The molecule has 7 heteroatoms. The molecule has 3 aromatic heterocycles. The quantitative estimate of drug-likeness (QED) is 0.716. The normalized spacial score (nSPS) is 16.0. The van der Waals surface area contributed by atoms with E-state index in [2.05, 4.69) is 47.3 Å². The lowest BCUT2D eigenvalue weighted by Gasteiger charge is -2.16. The number of hydrogen-bond acceptors (Lipinski definition) is 5. The Morgan fingerprint density at radius 2 is 1.83 bits per heavy atom. The molecule has 7 nitrogen and oxygen atoms in total. The minimum absolute atomic E-state index is 0.0286. The van der Waals surface area contributed by atoms with E-state index in [-0.39, 0.29) is 6.17 Å². The van der Waals surface area contributed by atoms with Gasteiger partial charge in [0.25, 0.3) is 0 Å². The van der Waals surface area contributed by atoms with Crippen LogP contribution in [0.25, 0.3) is 11.4 Å². The molecular weight excluding hydrogens is 302 g/mol. The molecule has 1 atom stereocenters. The summed E-state index contributed by atoms with van der Waals surface area (Å²) in [6, 6.07) is 8.17. The first kappa shape index (κ1) is 14.5. The molecule has 1 aliphatic heterocycles. The number of hydrogen-bond donors (Lipinski definition) is 1. The van der Waals surface area contributed by atoms with E-state index >= 15 is 0 Å². The summed E-state index contributed by atoms with van der Waals surface area (Å²) in [5.41, 5.74) is 2.19. The Morgan fingerprint density at radius 1 is 1.00 bits per heavy atom. The van der Waals surface area contributed by atoms with E-state index in [1.165, 1.54) is 0 Å². The fraction of sp³-hybridized carbons (Fsp3) is 0.235. The average Bonchev–Trinajstić information content (AvgIpc) is 2.92.